The van der Waals surface area contributed by atoms with E-state index in [4.69, 9.17) is 10.4 Å². The van der Waals surface area contributed by atoms with Crippen LogP contribution in [0.25, 0.3) is 0 Å². The van der Waals surface area contributed by atoms with Crippen molar-refractivity contribution >= 4 is 10.0 Å². The van der Waals surface area contributed by atoms with Crippen molar-refractivity contribution < 1.29 is 17.9 Å². The highest BCUT2D eigenvalue weighted by Gasteiger charge is 2.17. The van der Waals surface area contributed by atoms with E-state index in [-0.39, 0.29) is 29.5 Å². The average Bonchev–Trinajstić information content (AvgIpc) is 2.43. The van der Waals surface area contributed by atoms with Crippen LogP contribution in [0, 0.1) is 23.1 Å². The SMILES string of the molecule is CCC(CCO)CNS(=O)(=O)c1ccc(F)c(C#N)c1. The molecule has 0 aliphatic carbocycles. The van der Waals surface area contributed by atoms with E-state index >= 15 is 0 Å². The highest BCUT2D eigenvalue weighted by atomic mass is 32.2. The molecule has 0 aliphatic heterocycles. The molecule has 0 aromatic heterocycles. The summed E-state index contributed by atoms with van der Waals surface area (Å²) in [7, 11) is -3.78. The minimum absolute atomic E-state index is 0.00460. The molecule has 1 aromatic rings. The molecule has 0 spiro atoms. The lowest BCUT2D eigenvalue weighted by Gasteiger charge is -2.14. The van der Waals surface area contributed by atoms with E-state index in [9.17, 15) is 12.8 Å². The van der Waals surface area contributed by atoms with Gasteiger partial charge in [-0.05, 0) is 30.5 Å². The van der Waals surface area contributed by atoms with Crippen LogP contribution < -0.4 is 4.72 Å². The second kappa shape index (κ2) is 7.33. The van der Waals surface area contributed by atoms with E-state index in [2.05, 4.69) is 4.72 Å². The number of sulfonamides is 1. The van der Waals surface area contributed by atoms with E-state index in [0.29, 0.717) is 6.42 Å². The lowest BCUT2D eigenvalue weighted by molar-refractivity contribution is 0.254. The average molecular weight is 300 g/mol. The number of aliphatic hydroxyl groups is 1. The molecule has 0 saturated carbocycles. The Labute approximate surface area is 118 Å². The molecule has 0 aliphatic rings. The molecular weight excluding hydrogens is 283 g/mol. The molecule has 2 N–H and O–H groups in total. The van der Waals surface area contributed by atoms with Crippen molar-refractivity contribution in [2.45, 2.75) is 24.7 Å². The molecule has 0 saturated heterocycles. The van der Waals surface area contributed by atoms with E-state index in [1.54, 1.807) is 6.07 Å². The minimum atomic E-state index is -3.78. The van der Waals surface area contributed by atoms with Crippen LogP contribution >= 0.6 is 0 Å². The summed E-state index contributed by atoms with van der Waals surface area (Å²) in [6.07, 6.45) is 1.24. The smallest absolute Gasteiger partial charge is 0.240 e. The standard InChI is InChI=1S/C13H17FN2O3S/c1-2-10(5-6-17)9-16-20(18,19)12-3-4-13(14)11(7-12)8-15/h3-4,7,10,16-17H,2,5-6,9H2,1H3. The van der Waals surface area contributed by atoms with E-state index in [1.807, 2.05) is 6.92 Å². The normalized spacial score (nSPS) is 12.9. The number of hydrogen-bond donors (Lipinski definition) is 2. The Balaban J connectivity index is 2.86. The van der Waals surface area contributed by atoms with Gasteiger partial charge in [-0.3, -0.25) is 0 Å². The van der Waals surface area contributed by atoms with Crippen LogP contribution in [0.2, 0.25) is 0 Å². The Morgan fingerprint density at radius 1 is 1.50 bits per heavy atom. The monoisotopic (exact) mass is 300 g/mol. The quantitative estimate of drug-likeness (QED) is 0.796. The predicted octanol–water partition coefficient (Wildman–Crippen LogP) is 1.38. The zero-order valence-corrected chi connectivity index (χ0v) is 12.0. The number of rotatable bonds is 7. The van der Waals surface area contributed by atoms with Gasteiger partial charge in [0.05, 0.1) is 10.5 Å². The first-order valence-corrected chi connectivity index (χ1v) is 7.73. The molecule has 1 atom stereocenters. The minimum Gasteiger partial charge on any atom is -0.396 e. The molecular formula is C13H17FN2O3S. The maximum absolute atomic E-state index is 13.2. The van der Waals surface area contributed by atoms with Gasteiger partial charge in [0.25, 0.3) is 0 Å². The molecule has 0 heterocycles. The van der Waals surface area contributed by atoms with Crippen molar-refractivity contribution in [1.82, 2.24) is 4.72 Å². The fourth-order valence-corrected chi connectivity index (χ4v) is 2.84. The predicted molar refractivity (Wildman–Crippen MR) is 71.8 cm³/mol. The third-order valence-electron chi connectivity index (χ3n) is 3.05. The molecule has 0 radical (unpaired) electrons. The van der Waals surface area contributed by atoms with Crippen LogP contribution in [0.1, 0.15) is 25.3 Å². The summed E-state index contributed by atoms with van der Waals surface area (Å²) in [4.78, 5) is -0.144. The highest BCUT2D eigenvalue weighted by molar-refractivity contribution is 7.89. The van der Waals surface area contributed by atoms with Gasteiger partial charge in [-0.1, -0.05) is 13.3 Å². The van der Waals surface area contributed by atoms with Gasteiger partial charge in [-0.15, -0.1) is 0 Å². The largest absolute Gasteiger partial charge is 0.396 e. The molecule has 0 amide bonds. The van der Waals surface area contributed by atoms with Crippen molar-refractivity contribution in [3.05, 3.63) is 29.6 Å². The summed E-state index contributed by atoms with van der Waals surface area (Å²) in [5.41, 5.74) is -0.310. The Kier molecular flexibility index (Phi) is 6.07. The molecule has 7 heteroatoms. The van der Waals surface area contributed by atoms with Gasteiger partial charge in [0.15, 0.2) is 0 Å². The third-order valence-corrected chi connectivity index (χ3v) is 4.47. The molecule has 1 unspecified atom stereocenters. The maximum Gasteiger partial charge on any atom is 0.240 e. The maximum atomic E-state index is 13.2. The van der Waals surface area contributed by atoms with Gasteiger partial charge >= 0.3 is 0 Å². The summed E-state index contributed by atoms with van der Waals surface area (Å²) >= 11 is 0. The third kappa shape index (κ3) is 4.27. The van der Waals surface area contributed by atoms with E-state index in [0.717, 1.165) is 24.6 Å². The van der Waals surface area contributed by atoms with Crippen LogP contribution in [0.15, 0.2) is 23.1 Å². The van der Waals surface area contributed by atoms with Gasteiger partial charge in [0, 0.05) is 13.2 Å². The summed E-state index contributed by atoms with van der Waals surface area (Å²) in [6.45, 7) is 2.09. The second-order valence-corrected chi connectivity index (χ2v) is 6.16. The fraction of sp³-hybridized carbons (Fsp3) is 0.462. The summed E-state index contributed by atoms with van der Waals surface area (Å²) < 4.78 is 39.6. The van der Waals surface area contributed by atoms with Crippen molar-refractivity contribution in [1.29, 1.82) is 5.26 Å². The van der Waals surface area contributed by atoms with Gasteiger partial charge in [-0.2, -0.15) is 5.26 Å². The van der Waals surface area contributed by atoms with Gasteiger partial charge in [0.1, 0.15) is 11.9 Å². The van der Waals surface area contributed by atoms with E-state index in [1.165, 1.54) is 0 Å². The van der Waals surface area contributed by atoms with Crippen LogP contribution in [0.5, 0.6) is 0 Å². The Hall–Kier alpha value is -1.49. The molecule has 110 valence electrons. The molecule has 1 aromatic carbocycles. The summed E-state index contributed by atoms with van der Waals surface area (Å²) in [5, 5.41) is 17.6. The van der Waals surface area contributed by atoms with Gasteiger partial charge in [0.2, 0.25) is 10.0 Å². The highest BCUT2D eigenvalue weighted by Crippen LogP contribution is 2.15. The van der Waals surface area contributed by atoms with Crippen molar-refractivity contribution in [3.8, 4) is 6.07 Å². The fourth-order valence-electron chi connectivity index (χ4n) is 1.70. The Morgan fingerprint density at radius 2 is 2.20 bits per heavy atom. The topological polar surface area (TPSA) is 90.2 Å². The molecule has 0 bridgehead atoms. The molecule has 5 nitrogen and oxygen atoms in total. The van der Waals surface area contributed by atoms with Crippen molar-refractivity contribution in [2.75, 3.05) is 13.2 Å². The number of nitrogens with one attached hydrogen (secondary N) is 1. The lowest BCUT2D eigenvalue weighted by Crippen LogP contribution is -2.29. The lowest BCUT2D eigenvalue weighted by atomic mass is 10.0. The van der Waals surface area contributed by atoms with Gasteiger partial charge < -0.3 is 5.11 Å². The first kappa shape index (κ1) is 16.6. The number of benzene rings is 1. The summed E-state index contributed by atoms with van der Waals surface area (Å²) in [6, 6.07) is 4.68. The number of hydrogen-bond acceptors (Lipinski definition) is 4. The van der Waals surface area contributed by atoms with Crippen LogP contribution in [-0.4, -0.2) is 26.7 Å². The Morgan fingerprint density at radius 3 is 2.75 bits per heavy atom. The molecule has 20 heavy (non-hydrogen) atoms. The van der Waals surface area contributed by atoms with Crippen LogP contribution in [-0.2, 0) is 10.0 Å². The number of nitriles is 1. The van der Waals surface area contributed by atoms with E-state index < -0.39 is 15.8 Å². The van der Waals surface area contributed by atoms with Crippen LogP contribution in [0.4, 0.5) is 4.39 Å². The number of nitrogens with zero attached hydrogens (tertiary/aromatic N) is 1. The van der Waals surface area contributed by atoms with Crippen molar-refractivity contribution in [2.24, 2.45) is 5.92 Å². The van der Waals surface area contributed by atoms with Crippen molar-refractivity contribution in [3.63, 3.8) is 0 Å². The molecule has 0 fully saturated rings. The number of halogens is 1. The Bertz CT molecular complexity index is 596. The zero-order chi connectivity index (χ0) is 15.2. The zero-order valence-electron chi connectivity index (χ0n) is 11.1. The summed E-state index contributed by atoms with van der Waals surface area (Å²) in [5.74, 6) is -0.719. The second-order valence-electron chi connectivity index (χ2n) is 4.39. The first-order chi connectivity index (χ1) is 9.44. The van der Waals surface area contributed by atoms with Gasteiger partial charge in [-0.25, -0.2) is 17.5 Å². The number of aliphatic hydroxyl groups excluding tert-OH is 1. The first-order valence-electron chi connectivity index (χ1n) is 6.24. The van der Waals surface area contributed by atoms with Crippen LogP contribution in [0.3, 0.4) is 0 Å². The molecule has 1 rings (SSSR count).